The molecule has 0 radical (unpaired) electrons. The summed E-state index contributed by atoms with van der Waals surface area (Å²) in [5.41, 5.74) is 2.18. The fourth-order valence-electron chi connectivity index (χ4n) is 1.61. The highest BCUT2D eigenvalue weighted by Gasteiger charge is 2.25. The predicted octanol–water partition coefficient (Wildman–Crippen LogP) is 5.32. The minimum absolute atomic E-state index is 0.292. The summed E-state index contributed by atoms with van der Waals surface area (Å²) in [5, 5.41) is 0. The summed E-state index contributed by atoms with van der Waals surface area (Å²) in [6.07, 6.45) is 0. The lowest BCUT2D eigenvalue weighted by atomic mass is 10.0. The van der Waals surface area contributed by atoms with E-state index >= 15 is 0 Å². The minimum Gasteiger partial charge on any atom is -0.207 e. The van der Waals surface area contributed by atoms with Gasteiger partial charge < -0.3 is 0 Å². The zero-order valence-electron chi connectivity index (χ0n) is 8.63. The Labute approximate surface area is 114 Å². The first-order valence-electron chi connectivity index (χ1n) is 4.90. The molecule has 0 fully saturated rings. The second-order valence-corrected chi connectivity index (χ2v) is 5.83. The van der Waals surface area contributed by atoms with Gasteiger partial charge in [0.2, 0.25) is 3.79 Å². The maximum Gasteiger partial charge on any atom is 0.216 e. The van der Waals surface area contributed by atoms with Gasteiger partial charge in [-0.05, 0) is 23.3 Å². The number of rotatable bonds is 1. The molecule has 0 saturated heterocycles. The molecule has 0 nitrogen and oxygen atoms in total. The maximum atomic E-state index is 12.9. The third-order valence-corrected chi connectivity index (χ3v) is 3.00. The van der Waals surface area contributed by atoms with Crippen LogP contribution in [0.4, 0.5) is 4.39 Å². The van der Waals surface area contributed by atoms with Crippen LogP contribution in [0.25, 0.3) is 11.1 Å². The first-order valence-corrected chi connectivity index (χ1v) is 6.04. The molecule has 2 aromatic rings. The summed E-state index contributed by atoms with van der Waals surface area (Å²) in [6.45, 7) is 0. The zero-order chi connectivity index (χ0) is 12.5. The average molecular weight is 290 g/mol. The van der Waals surface area contributed by atoms with Gasteiger partial charge in [-0.25, -0.2) is 4.39 Å². The molecule has 88 valence electrons. The molecule has 0 amide bonds. The Morgan fingerprint density at radius 3 is 2.00 bits per heavy atom. The lowest BCUT2D eigenvalue weighted by Crippen LogP contribution is -2.02. The van der Waals surface area contributed by atoms with Crippen LogP contribution < -0.4 is 0 Å². The van der Waals surface area contributed by atoms with Crippen LogP contribution in [0.2, 0.25) is 0 Å². The molecular weight excluding hydrogens is 282 g/mol. The molecule has 0 atom stereocenters. The number of benzene rings is 2. The van der Waals surface area contributed by atoms with Crippen LogP contribution >= 0.6 is 34.8 Å². The van der Waals surface area contributed by atoms with Crippen molar-refractivity contribution in [2.75, 3.05) is 0 Å². The molecule has 0 bridgehead atoms. The van der Waals surface area contributed by atoms with Gasteiger partial charge in [0.1, 0.15) is 5.82 Å². The molecule has 0 aliphatic rings. The number of alkyl halides is 3. The van der Waals surface area contributed by atoms with Crippen molar-refractivity contribution >= 4 is 34.8 Å². The van der Waals surface area contributed by atoms with Crippen LogP contribution in [0.15, 0.2) is 48.5 Å². The van der Waals surface area contributed by atoms with Gasteiger partial charge in [-0.1, -0.05) is 71.2 Å². The van der Waals surface area contributed by atoms with Crippen molar-refractivity contribution in [3.8, 4) is 11.1 Å². The van der Waals surface area contributed by atoms with Crippen molar-refractivity contribution in [2.24, 2.45) is 0 Å². The molecule has 2 aromatic carbocycles. The lowest BCUT2D eigenvalue weighted by Gasteiger charge is -2.16. The first kappa shape index (κ1) is 12.7. The molecule has 17 heavy (non-hydrogen) atoms. The molecule has 4 heteroatoms. The van der Waals surface area contributed by atoms with E-state index in [1.807, 2.05) is 12.1 Å². The minimum atomic E-state index is -1.50. The normalized spacial score (nSPS) is 11.5. The molecule has 0 spiro atoms. The standard InChI is InChI=1S/C13H8Cl3F/c14-13(15,16)12-4-2-1-3-11(12)9-5-7-10(17)8-6-9/h1-8H. The van der Waals surface area contributed by atoms with Gasteiger partial charge >= 0.3 is 0 Å². The van der Waals surface area contributed by atoms with Crippen LogP contribution in [0.3, 0.4) is 0 Å². The van der Waals surface area contributed by atoms with E-state index in [9.17, 15) is 4.39 Å². The SMILES string of the molecule is Fc1ccc(-c2ccccc2C(Cl)(Cl)Cl)cc1. The van der Waals surface area contributed by atoms with Crippen LogP contribution in [0, 0.1) is 5.82 Å². The second kappa shape index (κ2) is 4.85. The molecular formula is C13H8Cl3F. The molecule has 0 heterocycles. The lowest BCUT2D eigenvalue weighted by molar-refractivity contribution is 0.628. The van der Waals surface area contributed by atoms with E-state index in [0.29, 0.717) is 5.56 Å². The summed E-state index contributed by atoms with van der Waals surface area (Å²) in [6, 6.07) is 13.3. The Kier molecular flexibility index (Phi) is 3.62. The van der Waals surface area contributed by atoms with E-state index < -0.39 is 3.79 Å². The Balaban J connectivity index is 2.56. The first-order chi connectivity index (χ1) is 7.98. The van der Waals surface area contributed by atoms with Crippen LogP contribution in [-0.4, -0.2) is 0 Å². The molecule has 0 aromatic heterocycles. The van der Waals surface area contributed by atoms with Crippen molar-refractivity contribution in [3.05, 3.63) is 59.9 Å². The van der Waals surface area contributed by atoms with Crippen molar-refractivity contribution in [3.63, 3.8) is 0 Å². The van der Waals surface area contributed by atoms with E-state index in [1.165, 1.54) is 12.1 Å². The summed E-state index contributed by atoms with van der Waals surface area (Å²) in [7, 11) is 0. The Hall–Kier alpha value is -0.760. The van der Waals surface area contributed by atoms with Gasteiger partial charge in [-0.3, -0.25) is 0 Å². The van der Waals surface area contributed by atoms with Crippen molar-refractivity contribution in [1.29, 1.82) is 0 Å². The van der Waals surface area contributed by atoms with Crippen molar-refractivity contribution < 1.29 is 4.39 Å². The quantitative estimate of drug-likeness (QED) is 0.623. The van der Waals surface area contributed by atoms with E-state index in [-0.39, 0.29) is 5.82 Å². The maximum absolute atomic E-state index is 12.9. The number of hydrogen-bond acceptors (Lipinski definition) is 0. The topological polar surface area (TPSA) is 0 Å². The van der Waals surface area contributed by atoms with E-state index in [4.69, 9.17) is 34.8 Å². The second-order valence-electron chi connectivity index (χ2n) is 3.55. The third-order valence-electron chi connectivity index (χ3n) is 2.39. The van der Waals surface area contributed by atoms with Gasteiger partial charge in [0.15, 0.2) is 0 Å². The Morgan fingerprint density at radius 2 is 1.41 bits per heavy atom. The summed E-state index contributed by atoms with van der Waals surface area (Å²) in [5.74, 6) is -0.292. The van der Waals surface area contributed by atoms with Gasteiger partial charge in [0, 0.05) is 5.56 Å². The largest absolute Gasteiger partial charge is 0.216 e. The van der Waals surface area contributed by atoms with Gasteiger partial charge in [0.05, 0.1) is 0 Å². The fraction of sp³-hybridized carbons (Fsp3) is 0.0769. The Bertz CT molecular complexity index is 515. The molecule has 2 rings (SSSR count). The fourth-order valence-corrected chi connectivity index (χ4v) is 2.11. The van der Waals surface area contributed by atoms with Crippen molar-refractivity contribution in [2.45, 2.75) is 3.79 Å². The molecule has 0 unspecified atom stereocenters. The molecule has 0 aliphatic heterocycles. The highest BCUT2D eigenvalue weighted by Crippen LogP contribution is 2.42. The highest BCUT2D eigenvalue weighted by molar-refractivity contribution is 6.67. The predicted molar refractivity (Wildman–Crippen MR) is 71.1 cm³/mol. The highest BCUT2D eigenvalue weighted by atomic mass is 35.6. The number of halogens is 4. The zero-order valence-corrected chi connectivity index (χ0v) is 10.9. The molecule has 0 N–H and O–H groups in total. The average Bonchev–Trinajstić information content (AvgIpc) is 2.29. The van der Waals surface area contributed by atoms with E-state index in [2.05, 4.69) is 0 Å². The van der Waals surface area contributed by atoms with Crippen LogP contribution in [0.1, 0.15) is 5.56 Å². The Morgan fingerprint density at radius 1 is 0.824 bits per heavy atom. The van der Waals surface area contributed by atoms with Gasteiger partial charge in [-0.2, -0.15) is 0 Å². The number of hydrogen-bond donors (Lipinski definition) is 0. The summed E-state index contributed by atoms with van der Waals surface area (Å²) < 4.78 is 11.4. The van der Waals surface area contributed by atoms with E-state index in [1.54, 1.807) is 24.3 Å². The van der Waals surface area contributed by atoms with Gasteiger partial charge in [-0.15, -0.1) is 0 Å². The third kappa shape index (κ3) is 2.92. The van der Waals surface area contributed by atoms with E-state index in [0.717, 1.165) is 11.1 Å². The van der Waals surface area contributed by atoms with Crippen LogP contribution in [0.5, 0.6) is 0 Å². The van der Waals surface area contributed by atoms with Crippen molar-refractivity contribution in [1.82, 2.24) is 0 Å². The molecule has 0 aliphatic carbocycles. The smallest absolute Gasteiger partial charge is 0.207 e. The summed E-state index contributed by atoms with van der Waals surface area (Å²) in [4.78, 5) is 0. The molecule has 0 saturated carbocycles. The summed E-state index contributed by atoms with van der Waals surface area (Å²) >= 11 is 17.7. The van der Waals surface area contributed by atoms with Gasteiger partial charge in [0.25, 0.3) is 0 Å². The van der Waals surface area contributed by atoms with Crippen LogP contribution in [-0.2, 0) is 3.79 Å². The monoisotopic (exact) mass is 288 g/mol.